The second-order valence-electron chi connectivity index (χ2n) is 4.04. The third-order valence-corrected chi connectivity index (χ3v) is 3.17. The molecular weight excluding hydrogens is 316 g/mol. The van der Waals surface area contributed by atoms with E-state index in [1.165, 1.54) is 18.3 Å². The molecular formula is C13H12BrF2N3. The van der Waals surface area contributed by atoms with E-state index in [1.807, 2.05) is 0 Å². The van der Waals surface area contributed by atoms with Crippen molar-refractivity contribution in [2.75, 3.05) is 17.6 Å². The summed E-state index contributed by atoms with van der Waals surface area (Å²) in [6.07, 6.45) is 3.65. The summed E-state index contributed by atoms with van der Waals surface area (Å²) in [6.45, 7) is 0.510. The molecule has 0 saturated heterocycles. The fraction of sp³-hybridized carbons (Fsp3) is 0.154. The van der Waals surface area contributed by atoms with Gasteiger partial charge < -0.3 is 11.1 Å². The zero-order chi connectivity index (χ0) is 13.8. The highest BCUT2D eigenvalue weighted by Crippen LogP contribution is 2.26. The largest absolute Gasteiger partial charge is 0.396 e. The summed E-state index contributed by atoms with van der Waals surface area (Å²) in [5.74, 6) is -1.14. The number of aromatic nitrogens is 1. The van der Waals surface area contributed by atoms with Crippen molar-refractivity contribution in [3.8, 4) is 0 Å². The Hall–Kier alpha value is -1.69. The van der Waals surface area contributed by atoms with E-state index >= 15 is 0 Å². The molecule has 0 amide bonds. The molecule has 0 fully saturated rings. The van der Waals surface area contributed by atoms with E-state index < -0.39 is 11.6 Å². The van der Waals surface area contributed by atoms with Crippen LogP contribution in [0.25, 0.3) is 0 Å². The molecule has 0 saturated carbocycles. The standard InChI is InChI=1S/C13H12BrF2N3/c14-11-6-18-7-12(17)13(11)19-2-1-8-3-9(15)5-10(16)4-8/h3-7H,1-2,17H2,(H,18,19). The molecule has 0 radical (unpaired) electrons. The van der Waals surface area contributed by atoms with Crippen molar-refractivity contribution in [1.82, 2.24) is 4.98 Å². The SMILES string of the molecule is Nc1cncc(Br)c1NCCc1cc(F)cc(F)c1. The van der Waals surface area contributed by atoms with Crippen LogP contribution in [-0.4, -0.2) is 11.5 Å². The molecule has 0 atom stereocenters. The minimum absolute atomic E-state index is 0.489. The number of halogens is 3. The van der Waals surface area contributed by atoms with Crippen molar-refractivity contribution < 1.29 is 8.78 Å². The van der Waals surface area contributed by atoms with E-state index in [0.717, 1.165) is 16.2 Å². The second-order valence-corrected chi connectivity index (χ2v) is 4.89. The van der Waals surface area contributed by atoms with Crippen LogP contribution in [0.1, 0.15) is 5.56 Å². The Morgan fingerprint density at radius 1 is 1.16 bits per heavy atom. The lowest BCUT2D eigenvalue weighted by molar-refractivity contribution is 0.580. The van der Waals surface area contributed by atoms with Gasteiger partial charge in [0.05, 0.1) is 22.0 Å². The van der Waals surface area contributed by atoms with Crippen LogP contribution in [0.15, 0.2) is 35.1 Å². The van der Waals surface area contributed by atoms with Crippen LogP contribution in [0.3, 0.4) is 0 Å². The van der Waals surface area contributed by atoms with Crippen LogP contribution in [0.5, 0.6) is 0 Å². The van der Waals surface area contributed by atoms with E-state index in [9.17, 15) is 8.78 Å². The predicted octanol–water partition coefficient (Wildman–Crippen LogP) is 3.36. The monoisotopic (exact) mass is 327 g/mol. The Morgan fingerprint density at radius 2 is 1.84 bits per heavy atom. The Kier molecular flexibility index (Phi) is 4.31. The first-order valence-corrected chi connectivity index (χ1v) is 6.43. The zero-order valence-electron chi connectivity index (χ0n) is 9.96. The van der Waals surface area contributed by atoms with Gasteiger partial charge >= 0.3 is 0 Å². The first-order chi connectivity index (χ1) is 9.06. The van der Waals surface area contributed by atoms with Crippen LogP contribution >= 0.6 is 15.9 Å². The fourth-order valence-electron chi connectivity index (χ4n) is 1.72. The Bertz CT molecular complexity index is 550. The van der Waals surface area contributed by atoms with Gasteiger partial charge in [-0.25, -0.2) is 8.78 Å². The molecule has 2 aromatic rings. The Labute approximate surface area is 118 Å². The van der Waals surface area contributed by atoms with Gasteiger partial charge in [-0.1, -0.05) is 0 Å². The predicted molar refractivity (Wildman–Crippen MR) is 74.9 cm³/mol. The number of nitrogen functional groups attached to an aromatic ring is 1. The number of benzene rings is 1. The summed E-state index contributed by atoms with van der Waals surface area (Å²) >= 11 is 3.33. The van der Waals surface area contributed by atoms with Crippen LogP contribution in [0.2, 0.25) is 0 Å². The van der Waals surface area contributed by atoms with Crippen molar-refractivity contribution >= 4 is 27.3 Å². The van der Waals surface area contributed by atoms with Gasteiger partial charge in [-0.15, -0.1) is 0 Å². The normalized spacial score (nSPS) is 10.5. The van der Waals surface area contributed by atoms with Gasteiger partial charge in [-0.2, -0.15) is 0 Å². The highest BCUT2D eigenvalue weighted by Gasteiger charge is 2.05. The van der Waals surface area contributed by atoms with Gasteiger partial charge in [0, 0.05) is 18.8 Å². The first-order valence-electron chi connectivity index (χ1n) is 5.64. The highest BCUT2D eigenvalue weighted by atomic mass is 79.9. The molecule has 1 aromatic heterocycles. The van der Waals surface area contributed by atoms with Crippen molar-refractivity contribution in [2.24, 2.45) is 0 Å². The van der Waals surface area contributed by atoms with Gasteiger partial charge in [-0.05, 0) is 40.0 Å². The number of anilines is 2. The van der Waals surface area contributed by atoms with Crippen molar-refractivity contribution in [3.05, 3.63) is 52.3 Å². The Balaban J connectivity index is 2.00. The van der Waals surface area contributed by atoms with Gasteiger partial charge in [0.25, 0.3) is 0 Å². The molecule has 19 heavy (non-hydrogen) atoms. The second kappa shape index (κ2) is 5.97. The molecule has 3 N–H and O–H groups in total. The molecule has 0 unspecified atom stereocenters. The van der Waals surface area contributed by atoms with Crippen LogP contribution < -0.4 is 11.1 Å². The summed E-state index contributed by atoms with van der Waals surface area (Å²) in [5.41, 5.74) is 7.61. The molecule has 0 aliphatic carbocycles. The van der Waals surface area contributed by atoms with Crippen LogP contribution in [0.4, 0.5) is 20.2 Å². The maximum absolute atomic E-state index is 13.0. The molecule has 6 heteroatoms. The highest BCUT2D eigenvalue weighted by molar-refractivity contribution is 9.10. The number of nitrogens with one attached hydrogen (secondary N) is 1. The summed E-state index contributed by atoms with van der Waals surface area (Å²) in [6, 6.07) is 3.49. The topological polar surface area (TPSA) is 50.9 Å². The number of nitrogens with zero attached hydrogens (tertiary/aromatic N) is 1. The summed E-state index contributed by atoms with van der Waals surface area (Å²) in [7, 11) is 0. The van der Waals surface area contributed by atoms with E-state index in [4.69, 9.17) is 5.73 Å². The molecule has 0 aliphatic rings. The summed E-state index contributed by atoms with van der Waals surface area (Å²) < 4.78 is 26.8. The number of rotatable bonds is 4. The molecule has 1 aromatic carbocycles. The van der Waals surface area contributed by atoms with Gasteiger partial charge in [0.1, 0.15) is 11.6 Å². The quantitative estimate of drug-likeness (QED) is 0.905. The minimum Gasteiger partial charge on any atom is -0.396 e. The van der Waals surface area contributed by atoms with Gasteiger partial charge in [-0.3, -0.25) is 4.98 Å². The van der Waals surface area contributed by atoms with E-state index in [1.54, 1.807) is 6.20 Å². The molecule has 0 aliphatic heterocycles. The first kappa shape index (κ1) is 13.7. The smallest absolute Gasteiger partial charge is 0.126 e. The van der Waals surface area contributed by atoms with Gasteiger partial charge in [0.2, 0.25) is 0 Å². The summed E-state index contributed by atoms with van der Waals surface area (Å²) in [5, 5.41) is 3.11. The van der Waals surface area contributed by atoms with Crippen molar-refractivity contribution in [1.29, 1.82) is 0 Å². The molecule has 2 rings (SSSR count). The fourth-order valence-corrected chi connectivity index (χ4v) is 2.21. The van der Waals surface area contributed by atoms with Crippen molar-refractivity contribution in [3.63, 3.8) is 0 Å². The average molecular weight is 328 g/mol. The van der Waals surface area contributed by atoms with Crippen molar-refractivity contribution in [2.45, 2.75) is 6.42 Å². The molecule has 1 heterocycles. The maximum Gasteiger partial charge on any atom is 0.126 e. The third-order valence-electron chi connectivity index (χ3n) is 2.57. The lowest BCUT2D eigenvalue weighted by Gasteiger charge is -2.10. The molecule has 0 spiro atoms. The van der Waals surface area contributed by atoms with E-state index in [0.29, 0.717) is 24.2 Å². The molecule has 3 nitrogen and oxygen atoms in total. The number of hydrogen-bond donors (Lipinski definition) is 2. The third kappa shape index (κ3) is 3.64. The maximum atomic E-state index is 13.0. The summed E-state index contributed by atoms with van der Waals surface area (Å²) in [4.78, 5) is 3.92. The van der Waals surface area contributed by atoms with Crippen LogP contribution in [0, 0.1) is 11.6 Å². The van der Waals surface area contributed by atoms with Gasteiger partial charge in [0.15, 0.2) is 0 Å². The average Bonchev–Trinajstić information content (AvgIpc) is 2.32. The molecule has 0 bridgehead atoms. The van der Waals surface area contributed by atoms with E-state index in [-0.39, 0.29) is 0 Å². The lowest BCUT2D eigenvalue weighted by atomic mass is 10.1. The molecule has 100 valence electrons. The van der Waals surface area contributed by atoms with Crippen LogP contribution in [-0.2, 0) is 6.42 Å². The minimum atomic E-state index is -0.570. The van der Waals surface area contributed by atoms with E-state index in [2.05, 4.69) is 26.2 Å². The lowest BCUT2D eigenvalue weighted by Crippen LogP contribution is -2.08. The zero-order valence-corrected chi connectivity index (χ0v) is 11.5. The Morgan fingerprint density at radius 3 is 2.47 bits per heavy atom. The number of hydrogen-bond acceptors (Lipinski definition) is 3. The number of pyridine rings is 1. The number of nitrogens with two attached hydrogens (primary N) is 1.